The van der Waals surface area contributed by atoms with Gasteiger partial charge in [0.25, 0.3) is 0 Å². The van der Waals surface area contributed by atoms with Crippen LogP contribution in [0.25, 0.3) is 0 Å². The Kier molecular flexibility index (Phi) is 5.75. The number of rotatable bonds is 5. The van der Waals surface area contributed by atoms with E-state index < -0.39 is 10.0 Å². The monoisotopic (exact) mass is 410 g/mol. The molecule has 2 aromatic rings. The second kappa shape index (κ2) is 8.07. The van der Waals surface area contributed by atoms with Gasteiger partial charge in [-0.05, 0) is 19.1 Å². The van der Waals surface area contributed by atoms with E-state index in [1.54, 1.807) is 25.1 Å². The molecule has 3 rings (SSSR count). The number of carbonyl (C=O) groups excluding carboxylic acids is 1. The van der Waals surface area contributed by atoms with Crippen LogP contribution in [0.2, 0.25) is 0 Å². The first-order valence-corrected chi connectivity index (χ1v) is 10.0. The van der Waals surface area contributed by atoms with E-state index in [4.69, 9.17) is 14.0 Å². The molecule has 2 heterocycles. The van der Waals surface area contributed by atoms with Crippen LogP contribution in [0.3, 0.4) is 0 Å². The average Bonchev–Trinajstić information content (AvgIpc) is 3.12. The van der Waals surface area contributed by atoms with Crippen LogP contribution in [0.4, 0.5) is 10.6 Å². The van der Waals surface area contributed by atoms with E-state index in [-0.39, 0.29) is 42.9 Å². The maximum atomic E-state index is 13.1. The highest BCUT2D eigenvalue weighted by atomic mass is 32.2. The summed E-state index contributed by atoms with van der Waals surface area (Å²) in [5.41, 5.74) is 0. The first kappa shape index (κ1) is 20.0. The number of aryl methyl sites for hydroxylation is 1. The van der Waals surface area contributed by atoms with E-state index >= 15 is 0 Å². The van der Waals surface area contributed by atoms with Crippen molar-refractivity contribution in [2.24, 2.45) is 0 Å². The van der Waals surface area contributed by atoms with Gasteiger partial charge in [-0.15, -0.1) is 0 Å². The van der Waals surface area contributed by atoms with Crippen LogP contribution in [-0.2, 0) is 10.0 Å². The van der Waals surface area contributed by atoms with Gasteiger partial charge in [0.05, 0.1) is 14.2 Å². The summed E-state index contributed by atoms with van der Waals surface area (Å²) in [6.07, 6.45) is 0. The van der Waals surface area contributed by atoms with Crippen LogP contribution in [-0.4, -0.2) is 69.2 Å². The minimum atomic E-state index is -3.80. The smallest absolute Gasteiger partial charge is 0.323 e. The van der Waals surface area contributed by atoms with Crippen LogP contribution in [0.5, 0.6) is 11.5 Å². The number of piperazine rings is 1. The van der Waals surface area contributed by atoms with Crippen molar-refractivity contribution in [1.82, 2.24) is 14.4 Å². The number of carbonyl (C=O) groups is 1. The highest BCUT2D eigenvalue weighted by Gasteiger charge is 2.32. The zero-order valence-electron chi connectivity index (χ0n) is 15.8. The molecule has 1 aliphatic heterocycles. The number of benzene rings is 1. The molecule has 0 aliphatic carbocycles. The van der Waals surface area contributed by atoms with Crippen molar-refractivity contribution in [1.29, 1.82) is 0 Å². The third-order valence-corrected chi connectivity index (χ3v) is 6.30. The largest absolute Gasteiger partial charge is 0.497 e. The first-order chi connectivity index (χ1) is 13.3. The number of hydrogen-bond donors (Lipinski definition) is 1. The molecule has 152 valence electrons. The van der Waals surface area contributed by atoms with E-state index in [1.165, 1.54) is 29.5 Å². The minimum Gasteiger partial charge on any atom is -0.497 e. The quantitative estimate of drug-likeness (QED) is 0.795. The number of urea groups is 1. The van der Waals surface area contributed by atoms with Gasteiger partial charge in [0.15, 0.2) is 5.82 Å². The number of aromatic nitrogens is 1. The number of sulfonamides is 1. The van der Waals surface area contributed by atoms with Crippen LogP contribution < -0.4 is 14.8 Å². The van der Waals surface area contributed by atoms with Gasteiger partial charge in [0.2, 0.25) is 10.0 Å². The standard InChI is InChI=1S/C17H22N4O6S/c1-12-10-16(19-27-12)18-17(22)20-6-8-21(9-7-20)28(23,24)15-11-13(25-2)4-5-14(15)26-3/h4-5,10-11H,6-9H2,1-3H3,(H,18,19,22). The van der Waals surface area contributed by atoms with Crippen LogP contribution in [0.15, 0.2) is 33.7 Å². The molecular formula is C17H22N4O6S. The van der Waals surface area contributed by atoms with Gasteiger partial charge < -0.3 is 18.9 Å². The number of methoxy groups -OCH3 is 2. The van der Waals surface area contributed by atoms with Gasteiger partial charge in [-0.2, -0.15) is 4.31 Å². The lowest BCUT2D eigenvalue weighted by Gasteiger charge is -2.34. The van der Waals surface area contributed by atoms with E-state index in [2.05, 4.69) is 10.5 Å². The lowest BCUT2D eigenvalue weighted by molar-refractivity contribution is 0.184. The van der Waals surface area contributed by atoms with Crippen molar-refractivity contribution < 1.29 is 27.2 Å². The molecule has 1 aliphatic rings. The predicted octanol–water partition coefficient (Wildman–Crippen LogP) is 1.54. The predicted molar refractivity (Wildman–Crippen MR) is 100 cm³/mol. The Balaban J connectivity index is 1.69. The average molecular weight is 410 g/mol. The number of ether oxygens (including phenoxy) is 2. The van der Waals surface area contributed by atoms with Gasteiger partial charge in [-0.25, -0.2) is 13.2 Å². The Morgan fingerprint density at radius 1 is 1.14 bits per heavy atom. The fraction of sp³-hybridized carbons (Fsp3) is 0.412. The molecule has 1 aromatic carbocycles. The summed E-state index contributed by atoms with van der Waals surface area (Å²) >= 11 is 0. The van der Waals surface area contributed by atoms with Crippen LogP contribution >= 0.6 is 0 Å². The van der Waals surface area contributed by atoms with Crippen LogP contribution in [0, 0.1) is 6.92 Å². The number of amides is 2. The first-order valence-electron chi connectivity index (χ1n) is 8.56. The van der Waals surface area contributed by atoms with E-state index in [1.807, 2.05) is 0 Å². The highest BCUT2D eigenvalue weighted by molar-refractivity contribution is 7.89. The van der Waals surface area contributed by atoms with Crippen molar-refractivity contribution in [3.63, 3.8) is 0 Å². The Labute approximate surface area is 163 Å². The third-order valence-electron chi connectivity index (χ3n) is 4.38. The Morgan fingerprint density at radius 3 is 2.43 bits per heavy atom. The molecule has 1 fully saturated rings. The molecule has 28 heavy (non-hydrogen) atoms. The second-order valence-corrected chi connectivity index (χ2v) is 8.07. The normalized spacial score (nSPS) is 15.3. The Hall–Kier alpha value is -2.79. The van der Waals surface area contributed by atoms with Crippen molar-refractivity contribution in [2.45, 2.75) is 11.8 Å². The molecular weight excluding hydrogens is 388 g/mol. The molecule has 0 radical (unpaired) electrons. The molecule has 1 saturated heterocycles. The summed E-state index contributed by atoms with van der Waals surface area (Å²) in [5.74, 6) is 1.56. The van der Waals surface area contributed by atoms with Crippen molar-refractivity contribution in [2.75, 3.05) is 45.7 Å². The molecule has 1 aromatic heterocycles. The van der Waals surface area contributed by atoms with Crippen molar-refractivity contribution in [3.05, 3.63) is 30.0 Å². The van der Waals surface area contributed by atoms with Gasteiger partial charge in [0, 0.05) is 38.3 Å². The SMILES string of the molecule is COc1ccc(OC)c(S(=O)(=O)N2CCN(C(=O)Nc3cc(C)on3)CC2)c1. The summed E-state index contributed by atoms with van der Waals surface area (Å²) in [5, 5.41) is 6.34. The van der Waals surface area contributed by atoms with E-state index in [0.717, 1.165) is 0 Å². The van der Waals surface area contributed by atoms with Gasteiger partial charge in [-0.1, -0.05) is 5.16 Å². The van der Waals surface area contributed by atoms with Crippen LogP contribution in [0.1, 0.15) is 5.76 Å². The minimum absolute atomic E-state index is 0.0327. The molecule has 0 spiro atoms. The number of nitrogens with zero attached hydrogens (tertiary/aromatic N) is 3. The molecule has 10 nitrogen and oxygen atoms in total. The summed E-state index contributed by atoms with van der Waals surface area (Å²) in [4.78, 5) is 13.9. The summed E-state index contributed by atoms with van der Waals surface area (Å²) in [7, 11) is -0.924. The Morgan fingerprint density at radius 2 is 1.86 bits per heavy atom. The Bertz CT molecular complexity index is 950. The van der Waals surface area contributed by atoms with Gasteiger partial charge >= 0.3 is 6.03 Å². The number of nitrogens with one attached hydrogen (secondary N) is 1. The van der Waals surface area contributed by atoms with E-state index in [9.17, 15) is 13.2 Å². The third kappa shape index (κ3) is 4.04. The summed E-state index contributed by atoms with van der Waals surface area (Å²) in [6.45, 7) is 2.53. The fourth-order valence-electron chi connectivity index (χ4n) is 2.87. The topological polar surface area (TPSA) is 114 Å². The molecule has 0 saturated carbocycles. The van der Waals surface area contributed by atoms with Gasteiger partial charge in [-0.3, -0.25) is 5.32 Å². The zero-order valence-corrected chi connectivity index (χ0v) is 16.7. The van der Waals surface area contributed by atoms with Crippen molar-refractivity contribution >= 4 is 21.9 Å². The highest BCUT2D eigenvalue weighted by Crippen LogP contribution is 2.31. The molecule has 1 N–H and O–H groups in total. The number of anilines is 1. The lowest BCUT2D eigenvalue weighted by atomic mass is 10.3. The summed E-state index contributed by atoms with van der Waals surface area (Å²) < 4.78 is 42.7. The maximum Gasteiger partial charge on any atom is 0.323 e. The molecule has 2 amide bonds. The van der Waals surface area contributed by atoms with Crippen molar-refractivity contribution in [3.8, 4) is 11.5 Å². The number of hydrogen-bond acceptors (Lipinski definition) is 7. The fourth-order valence-corrected chi connectivity index (χ4v) is 4.46. The molecule has 0 bridgehead atoms. The molecule has 11 heteroatoms. The molecule has 0 atom stereocenters. The maximum absolute atomic E-state index is 13.1. The van der Waals surface area contributed by atoms with E-state index in [0.29, 0.717) is 17.3 Å². The molecule has 0 unspecified atom stereocenters. The van der Waals surface area contributed by atoms with Gasteiger partial charge in [0.1, 0.15) is 22.2 Å². The summed E-state index contributed by atoms with van der Waals surface area (Å²) in [6, 6.07) is 5.86. The zero-order chi connectivity index (χ0) is 20.3. The lowest BCUT2D eigenvalue weighted by Crippen LogP contribution is -2.51. The second-order valence-electron chi connectivity index (χ2n) is 6.16.